The lowest BCUT2D eigenvalue weighted by Gasteiger charge is -1.59. The fourth-order valence-corrected chi connectivity index (χ4v) is 0.241. The summed E-state index contributed by atoms with van der Waals surface area (Å²) in [7, 11) is 0. The van der Waals surface area contributed by atoms with Gasteiger partial charge < -0.3 is 0 Å². The van der Waals surface area contributed by atoms with Crippen LogP contribution in [0.5, 0.6) is 0 Å². The Hall–Kier alpha value is -0.770. The molecule has 0 fully saturated rings. The van der Waals surface area contributed by atoms with E-state index >= 15 is 0 Å². The summed E-state index contributed by atoms with van der Waals surface area (Å²) in [5, 5.41) is 0. The molecule has 0 radical (unpaired) electrons. The summed E-state index contributed by atoms with van der Waals surface area (Å²) in [6, 6.07) is 2.64. The molecule has 0 heterocycles. The number of hydrogen-bond acceptors (Lipinski definition) is 0. The molecule has 0 N–H and O–H groups in total. The van der Waals surface area contributed by atoms with Crippen molar-refractivity contribution in [3.05, 3.63) is 17.5 Å². The van der Waals surface area contributed by atoms with Crippen molar-refractivity contribution < 1.29 is 0 Å². The third-order valence-corrected chi connectivity index (χ3v) is 0.518. The van der Waals surface area contributed by atoms with E-state index in [0.29, 0.717) is 0 Å². The maximum absolute atomic E-state index is 3.84. The maximum Gasteiger partial charge on any atom is 0.302 e. The molecule has 0 bridgehead atoms. The first-order valence-electron chi connectivity index (χ1n) is 2.44. The average Bonchev–Trinajstić information content (AvgIpc) is 1.69. The Labute approximate surface area is 44.5 Å². The van der Waals surface area contributed by atoms with Crippen molar-refractivity contribution in [1.82, 2.24) is 0 Å². The summed E-state index contributed by atoms with van der Waals surface area (Å²) >= 11 is 0. The molecular formula is C6H10N+. The molecule has 0 rings (SSSR count). The lowest BCUT2D eigenvalue weighted by atomic mass is 10.5. The van der Waals surface area contributed by atoms with Crippen molar-refractivity contribution >= 4 is 0 Å². The van der Waals surface area contributed by atoms with E-state index in [-0.39, 0.29) is 0 Å². The molecular weight excluding hydrogens is 86.1 g/mol. The molecule has 1 nitrogen and oxygen atoms in total. The molecule has 0 spiro atoms. The van der Waals surface area contributed by atoms with Crippen LogP contribution in [0.1, 0.15) is 13.3 Å². The van der Waals surface area contributed by atoms with Crippen LogP contribution in [0.25, 0.3) is 4.85 Å². The Bertz CT molecular complexity index is 94.5. The highest BCUT2D eigenvalue weighted by Gasteiger charge is 1.78. The van der Waals surface area contributed by atoms with Gasteiger partial charge in [0.1, 0.15) is 0 Å². The van der Waals surface area contributed by atoms with Gasteiger partial charge in [0.2, 0.25) is 0 Å². The Morgan fingerprint density at radius 2 is 2.57 bits per heavy atom. The Kier molecular flexibility index (Phi) is 4.65. The molecule has 0 saturated heterocycles. The highest BCUT2D eigenvalue weighted by atomic mass is 14.6. The zero-order valence-electron chi connectivity index (χ0n) is 4.65. The first kappa shape index (κ1) is 6.23. The predicted molar refractivity (Wildman–Crippen MR) is 32.6 cm³/mol. The van der Waals surface area contributed by atoms with Crippen LogP contribution in [-0.2, 0) is 0 Å². The second kappa shape index (κ2) is 5.23. The van der Waals surface area contributed by atoms with E-state index in [1.54, 1.807) is 6.08 Å². The highest BCUT2D eigenvalue weighted by Crippen LogP contribution is 1.74. The van der Waals surface area contributed by atoms with Gasteiger partial charge in [0.05, 0.1) is 6.08 Å². The van der Waals surface area contributed by atoms with Crippen LogP contribution in [0.4, 0.5) is 0 Å². The zero-order valence-corrected chi connectivity index (χ0v) is 4.65. The van der Waals surface area contributed by atoms with Crippen LogP contribution < -0.4 is 0 Å². The second-order valence-electron chi connectivity index (χ2n) is 1.21. The van der Waals surface area contributed by atoms with Crippen molar-refractivity contribution in [2.45, 2.75) is 13.3 Å². The van der Waals surface area contributed by atoms with E-state index in [9.17, 15) is 0 Å². The second-order valence-corrected chi connectivity index (χ2v) is 1.21. The number of nitrogens with zero attached hydrogens (tertiary/aromatic N) is 1. The van der Waals surface area contributed by atoms with Crippen LogP contribution in [0.3, 0.4) is 0 Å². The molecule has 0 saturated carbocycles. The molecule has 0 aliphatic heterocycles. The first-order valence-corrected chi connectivity index (χ1v) is 2.44. The van der Waals surface area contributed by atoms with Gasteiger partial charge in [0.25, 0.3) is 6.54 Å². The van der Waals surface area contributed by atoms with Gasteiger partial charge in [-0.25, -0.2) is 0 Å². The summed E-state index contributed by atoms with van der Waals surface area (Å²) in [5.74, 6) is 0. The SMILES string of the molecule is C=CC#[N+]CCC. The highest BCUT2D eigenvalue weighted by molar-refractivity contribution is 5.03. The smallest absolute Gasteiger partial charge is 0.0842 e. The van der Waals surface area contributed by atoms with Gasteiger partial charge in [0, 0.05) is 6.42 Å². The fraction of sp³-hybridized carbons (Fsp3) is 0.500. The van der Waals surface area contributed by atoms with Crippen LogP contribution in [0.15, 0.2) is 12.7 Å². The Morgan fingerprint density at radius 3 is 3.00 bits per heavy atom. The van der Waals surface area contributed by atoms with E-state index in [1.165, 1.54) is 0 Å². The van der Waals surface area contributed by atoms with Crippen LogP contribution in [-0.4, -0.2) is 6.54 Å². The lowest BCUT2D eigenvalue weighted by molar-refractivity contribution is 1.03. The van der Waals surface area contributed by atoms with E-state index in [2.05, 4.69) is 24.4 Å². The third kappa shape index (κ3) is 5.23. The summed E-state index contributed by atoms with van der Waals surface area (Å²) in [4.78, 5) is 3.84. The molecule has 7 heavy (non-hydrogen) atoms. The Morgan fingerprint density at radius 1 is 1.86 bits per heavy atom. The quantitative estimate of drug-likeness (QED) is 0.439. The molecule has 0 aromatic carbocycles. The lowest BCUT2D eigenvalue weighted by Crippen LogP contribution is -1.64. The van der Waals surface area contributed by atoms with Crippen molar-refractivity contribution in [1.29, 1.82) is 0 Å². The maximum atomic E-state index is 3.84. The minimum absolute atomic E-state index is 0.867. The van der Waals surface area contributed by atoms with Gasteiger partial charge in [0.15, 0.2) is 0 Å². The summed E-state index contributed by atoms with van der Waals surface area (Å²) < 4.78 is 0. The Balaban J connectivity index is 3.07. The van der Waals surface area contributed by atoms with Crippen molar-refractivity contribution in [2.24, 2.45) is 0 Å². The molecule has 38 valence electrons. The van der Waals surface area contributed by atoms with Gasteiger partial charge in [-0.15, -0.1) is 0 Å². The molecule has 0 aliphatic rings. The molecule has 0 unspecified atom stereocenters. The third-order valence-electron chi connectivity index (χ3n) is 0.518. The topological polar surface area (TPSA) is 4.36 Å². The molecule has 0 atom stereocenters. The fourth-order valence-electron chi connectivity index (χ4n) is 0.241. The van der Waals surface area contributed by atoms with Gasteiger partial charge in [-0.3, -0.25) is 0 Å². The number of allylic oxidation sites excluding steroid dienone is 1. The van der Waals surface area contributed by atoms with Crippen molar-refractivity contribution in [3.8, 4) is 6.07 Å². The normalized spacial score (nSPS) is 6.43. The standard InChI is InChI=1S/C6H10N/c1-3-5-7-6-4-2/h3H,1,4,6H2,2H3/q+1. The summed E-state index contributed by atoms with van der Waals surface area (Å²) in [6.07, 6.45) is 2.65. The minimum Gasteiger partial charge on any atom is -0.0842 e. The molecule has 0 amide bonds. The number of rotatable bonds is 1. The van der Waals surface area contributed by atoms with Gasteiger partial charge in [-0.2, -0.15) is 0 Å². The van der Waals surface area contributed by atoms with Crippen LogP contribution >= 0.6 is 0 Å². The largest absolute Gasteiger partial charge is 0.302 e. The number of hydrogen-bond donors (Lipinski definition) is 0. The van der Waals surface area contributed by atoms with E-state index in [0.717, 1.165) is 13.0 Å². The van der Waals surface area contributed by atoms with Crippen LogP contribution in [0.2, 0.25) is 0 Å². The molecule has 0 aromatic heterocycles. The van der Waals surface area contributed by atoms with Crippen molar-refractivity contribution in [2.75, 3.05) is 6.54 Å². The van der Waals surface area contributed by atoms with E-state index in [4.69, 9.17) is 0 Å². The summed E-state index contributed by atoms with van der Waals surface area (Å²) in [6.45, 7) is 6.37. The van der Waals surface area contributed by atoms with Gasteiger partial charge in [-0.05, 0) is 0 Å². The van der Waals surface area contributed by atoms with Crippen molar-refractivity contribution in [3.63, 3.8) is 0 Å². The molecule has 0 aromatic rings. The monoisotopic (exact) mass is 96.1 g/mol. The van der Waals surface area contributed by atoms with Gasteiger partial charge in [-0.1, -0.05) is 18.3 Å². The summed E-state index contributed by atoms with van der Waals surface area (Å²) in [5.41, 5.74) is 0. The van der Waals surface area contributed by atoms with E-state index in [1.807, 2.05) is 0 Å². The first-order chi connectivity index (χ1) is 3.41. The molecule has 1 heteroatoms. The average molecular weight is 96.2 g/mol. The van der Waals surface area contributed by atoms with Gasteiger partial charge >= 0.3 is 6.07 Å². The molecule has 0 aliphatic carbocycles. The predicted octanol–water partition coefficient (Wildman–Crippen LogP) is 1.92. The minimum atomic E-state index is 0.867. The van der Waals surface area contributed by atoms with Crippen LogP contribution in [0, 0.1) is 6.07 Å². The zero-order chi connectivity index (χ0) is 5.54. The van der Waals surface area contributed by atoms with E-state index < -0.39 is 0 Å².